The van der Waals surface area contributed by atoms with Gasteiger partial charge in [-0.05, 0) is 107 Å². The van der Waals surface area contributed by atoms with Crippen LogP contribution in [0.4, 0.5) is 5.69 Å². The molecule has 2 unspecified atom stereocenters. The van der Waals surface area contributed by atoms with Gasteiger partial charge in [-0.1, -0.05) is 140 Å². The molecular formula is C60H43N3O. The van der Waals surface area contributed by atoms with E-state index in [0.717, 1.165) is 35.5 Å². The summed E-state index contributed by atoms with van der Waals surface area (Å²) in [6.07, 6.45) is 19.4. The van der Waals surface area contributed by atoms with Crippen molar-refractivity contribution in [1.29, 1.82) is 0 Å². The standard InChI is InChI=1S/C60H43N3O/c1-2-39(42-28-35-57-53(37-42)52-19-11-18-51-48-16-5-9-22-56(48)63(57)60(51)52)13-12-36-61(45-33-34-50-49-17-6-10-23-58(49)64-59(50)38-45)43-29-24-40(25-30-43)41-26-31-44(32-27-41)62-54-20-7-3-14-46(54)47-15-4-8-21-55(47)62/h2-18,20-37,52,59H,1,19,38H2/b36-12+,39-13+. The number of anilines is 1. The molecule has 9 aromatic rings. The topological polar surface area (TPSA) is 22.3 Å². The number of ether oxygens (including phenoxy) is 1. The van der Waals surface area contributed by atoms with Crippen LogP contribution < -0.4 is 9.64 Å². The maximum atomic E-state index is 6.52. The molecule has 0 amide bonds. The van der Waals surface area contributed by atoms with E-state index in [1.165, 1.54) is 88.7 Å². The van der Waals surface area contributed by atoms with Gasteiger partial charge in [0.2, 0.25) is 0 Å². The molecule has 7 aromatic carbocycles. The monoisotopic (exact) mass is 821 g/mol. The second kappa shape index (κ2) is 14.5. The predicted molar refractivity (Wildman–Crippen MR) is 266 cm³/mol. The third-order valence-electron chi connectivity index (χ3n) is 13.8. The highest BCUT2D eigenvalue weighted by molar-refractivity contribution is 6.09. The average Bonchev–Trinajstić information content (AvgIpc) is 4.10. The lowest BCUT2D eigenvalue weighted by atomic mass is 9.86. The van der Waals surface area contributed by atoms with Gasteiger partial charge in [-0.2, -0.15) is 0 Å². The molecule has 4 nitrogen and oxygen atoms in total. The van der Waals surface area contributed by atoms with Crippen LogP contribution in [-0.2, 0) is 0 Å². The fraction of sp³-hybridized carbons (Fsp3) is 0.0667. The summed E-state index contributed by atoms with van der Waals surface area (Å²) < 4.78 is 11.4. The quantitative estimate of drug-likeness (QED) is 0.142. The molecule has 64 heavy (non-hydrogen) atoms. The molecule has 0 fully saturated rings. The van der Waals surface area contributed by atoms with E-state index < -0.39 is 0 Å². The lowest BCUT2D eigenvalue weighted by molar-refractivity contribution is 0.274. The number of para-hydroxylation sites is 4. The summed E-state index contributed by atoms with van der Waals surface area (Å²) in [7, 11) is 0. The zero-order valence-electron chi connectivity index (χ0n) is 35.2. The number of hydrogen-bond acceptors (Lipinski definition) is 2. The molecule has 4 heterocycles. The van der Waals surface area contributed by atoms with Gasteiger partial charge in [-0.25, -0.2) is 0 Å². The van der Waals surface area contributed by atoms with Crippen LogP contribution in [0.1, 0.15) is 46.7 Å². The van der Waals surface area contributed by atoms with Crippen molar-refractivity contribution in [3.05, 3.63) is 247 Å². The Bertz CT molecular complexity index is 3500. The smallest absolute Gasteiger partial charge is 0.130 e. The van der Waals surface area contributed by atoms with Gasteiger partial charge < -0.3 is 18.8 Å². The molecule has 2 aromatic heterocycles. The first-order chi connectivity index (χ1) is 31.7. The zero-order valence-corrected chi connectivity index (χ0v) is 35.2. The van der Waals surface area contributed by atoms with Crippen LogP contribution in [0.3, 0.4) is 0 Å². The first kappa shape index (κ1) is 36.6. The number of fused-ring (bicyclic) bond motifs is 12. The summed E-state index contributed by atoms with van der Waals surface area (Å²) in [5.74, 6) is 1.30. The van der Waals surface area contributed by atoms with Gasteiger partial charge in [-0.3, -0.25) is 0 Å². The largest absolute Gasteiger partial charge is 0.485 e. The van der Waals surface area contributed by atoms with Gasteiger partial charge in [0.05, 0.1) is 16.6 Å². The SMILES string of the molecule is C=C/C(=C\C=C\N(C1=CC=C2c3ccccc3OC2C1)c1ccc(-c2ccc(-n3c4ccccc4c4ccccc43)cc2)cc1)c1ccc2c(c1)C1CC=Cc3c1n-2c1ccccc31. The number of benzene rings is 7. The van der Waals surface area contributed by atoms with Crippen molar-refractivity contribution in [2.75, 3.05) is 4.90 Å². The minimum atomic E-state index is -0.0289. The summed E-state index contributed by atoms with van der Waals surface area (Å²) in [4.78, 5) is 2.31. The van der Waals surface area contributed by atoms with Crippen LogP contribution >= 0.6 is 0 Å². The van der Waals surface area contributed by atoms with Gasteiger partial charge in [0.15, 0.2) is 0 Å². The molecule has 4 heteroatoms. The first-order valence-corrected chi connectivity index (χ1v) is 22.3. The van der Waals surface area contributed by atoms with Gasteiger partial charge >= 0.3 is 0 Å². The molecule has 4 aliphatic rings. The van der Waals surface area contributed by atoms with E-state index in [1.807, 2.05) is 12.1 Å². The van der Waals surface area contributed by atoms with E-state index >= 15 is 0 Å². The van der Waals surface area contributed by atoms with E-state index in [-0.39, 0.29) is 6.10 Å². The van der Waals surface area contributed by atoms with Crippen LogP contribution in [0.5, 0.6) is 5.75 Å². The van der Waals surface area contributed by atoms with Gasteiger partial charge in [-0.15, -0.1) is 0 Å². The van der Waals surface area contributed by atoms with E-state index in [4.69, 9.17) is 4.74 Å². The first-order valence-electron chi connectivity index (χ1n) is 22.3. The Morgan fingerprint density at radius 3 is 2.09 bits per heavy atom. The van der Waals surface area contributed by atoms with E-state index in [2.05, 4.69) is 221 Å². The molecule has 13 rings (SSSR count). The van der Waals surface area contributed by atoms with Crippen molar-refractivity contribution in [3.63, 3.8) is 0 Å². The molecule has 0 N–H and O–H groups in total. The van der Waals surface area contributed by atoms with Crippen molar-refractivity contribution in [3.8, 4) is 28.3 Å². The normalized spacial score (nSPS) is 17.0. The van der Waals surface area contributed by atoms with Crippen molar-refractivity contribution in [1.82, 2.24) is 9.13 Å². The Labute approximate surface area is 372 Å². The molecule has 0 radical (unpaired) electrons. The summed E-state index contributed by atoms with van der Waals surface area (Å²) >= 11 is 0. The number of rotatable bonds is 8. The minimum Gasteiger partial charge on any atom is -0.485 e. The lowest BCUT2D eigenvalue weighted by Gasteiger charge is -2.28. The van der Waals surface area contributed by atoms with Crippen molar-refractivity contribution in [2.24, 2.45) is 0 Å². The summed E-state index contributed by atoms with van der Waals surface area (Å²) in [5, 5.41) is 3.87. The Morgan fingerprint density at radius 1 is 0.672 bits per heavy atom. The van der Waals surface area contributed by atoms with Gasteiger partial charge in [0, 0.05) is 79.9 Å². The van der Waals surface area contributed by atoms with Crippen LogP contribution in [0.2, 0.25) is 0 Å². The van der Waals surface area contributed by atoms with E-state index in [0.29, 0.717) is 5.92 Å². The zero-order chi connectivity index (χ0) is 42.3. The molecule has 2 atom stereocenters. The van der Waals surface area contributed by atoms with Crippen LogP contribution in [0.25, 0.3) is 72.4 Å². The molecule has 0 bridgehead atoms. The third-order valence-corrected chi connectivity index (χ3v) is 13.8. The second-order valence-corrected chi connectivity index (χ2v) is 17.2. The van der Waals surface area contributed by atoms with Gasteiger partial charge in [0.25, 0.3) is 0 Å². The van der Waals surface area contributed by atoms with Crippen molar-refractivity contribution < 1.29 is 4.74 Å². The average molecular weight is 822 g/mol. The molecule has 2 aliphatic heterocycles. The number of aromatic nitrogens is 2. The molecule has 304 valence electrons. The summed E-state index contributed by atoms with van der Waals surface area (Å²) in [6.45, 7) is 4.28. The van der Waals surface area contributed by atoms with E-state index in [9.17, 15) is 0 Å². The molecule has 0 saturated heterocycles. The summed E-state index contributed by atoms with van der Waals surface area (Å²) in [6, 6.07) is 59.3. The maximum absolute atomic E-state index is 6.52. The Kier molecular flexibility index (Phi) is 8.29. The Balaban J connectivity index is 0.828. The predicted octanol–water partition coefficient (Wildman–Crippen LogP) is 15.0. The number of allylic oxidation sites excluding steroid dienone is 7. The lowest BCUT2D eigenvalue weighted by Crippen LogP contribution is -2.24. The third kappa shape index (κ3) is 5.62. The fourth-order valence-corrected chi connectivity index (χ4v) is 10.8. The van der Waals surface area contributed by atoms with Crippen molar-refractivity contribution in [2.45, 2.75) is 24.9 Å². The van der Waals surface area contributed by atoms with Gasteiger partial charge in [0.1, 0.15) is 11.9 Å². The molecular weight excluding hydrogens is 779 g/mol. The minimum absolute atomic E-state index is 0.0289. The van der Waals surface area contributed by atoms with Crippen molar-refractivity contribution >= 4 is 55.6 Å². The van der Waals surface area contributed by atoms with Crippen LogP contribution in [-0.4, -0.2) is 15.2 Å². The Hall–Kier alpha value is -8.08. The number of hydrogen-bond donors (Lipinski definition) is 0. The second-order valence-electron chi connectivity index (χ2n) is 17.2. The maximum Gasteiger partial charge on any atom is 0.130 e. The highest BCUT2D eigenvalue weighted by atomic mass is 16.5. The van der Waals surface area contributed by atoms with Crippen LogP contribution in [0, 0.1) is 0 Å². The molecule has 0 spiro atoms. The highest BCUT2D eigenvalue weighted by Gasteiger charge is 2.35. The van der Waals surface area contributed by atoms with E-state index in [1.54, 1.807) is 0 Å². The molecule has 0 saturated carbocycles. The summed E-state index contributed by atoms with van der Waals surface area (Å²) in [5.41, 5.74) is 19.6. The number of nitrogens with zero attached hydrogens (tertiary/aromatic N) is 3. The Morgan fingerprint density at radius 2 is 1.34 bits per heavy atom. The van der Waals surface area contributed by atoms with Crippen LogP contribution in [0.15, 0.2) is 219 Å². The fourth-order valence-electron chi connectivity index (χ4n) is 10.8. The molecule has 2 aliphatic carbocycles. The highest BCUT2D eigenvalue weighted by Crippen LogP contribution is 2.50.